The fourth-order valence-electron chi connectivity index (χ4n) is 1.31. The van der Waals surface area contributed by atoms with Crippen LogP contribution in [0.25, 0.3) is 0 Å². The molecule has 0 radical (unpaired) electrons. The Morgan fingerprint density at radius 1 is 1.32 bits per heavy atom. The number of nitrogens with one attached hydrogen (secondary N) is 1. The Kier molecular flexibility index (Phi) is 4.49. The molecule has 1 rings (SSSR count). The van der Waals surface area contributed by atoms with E-state index in [1.165, 1.54) is 12.1 Å². The Morgan fingerprint density at radius 3 is 2.47 bits per heavy atom. The van der Waals surface area contributed by atoms with Gasteiger partial charge in [-0.3, -0.25) is 4.79 Å². The summed E-state index contributed by atoms with van der Waals surface area (Å²) < 4.78 is 21.8. The minimum Gasteiger partial charge on any atom is -0.508 e. The van der Waals surface area contributed by atoms with E-state index >= 15 is 0 Å². The molecule has 1 aromatic rings. The summed E-state index contributed by atoms with van der Waals surface area (Å²) in [6, 6.07) is 3.45. The first-order valence-electron chi connectivity index (χ1n) is 5.23. The maximum absolute atomic E-state index is 11.5. The number of carboxylic acid groups (broad SMARTS) is 1. The summed E-state index contributed by atoms with van der Waals surface area (Å²) in [5.74, 6) is -2.49. The summed E-state index contributed by atoms with van der Waals surface area (Å²) in [6.45, 7) is 0. The van der Waals surface area contributed by atoms with Crippen molar-refractivity contribution in [1.29, 1.82) is 0 Å². The number of phenols is 1. The van der Waals surface area contributed by atoms with Crippen molar-refractivity contribution >= 4 is 27.4 Å². The number of phenolic OH excluding ortho intramolecular Hbond substituents is 1. The first-order chi connectivity index (χ1) is 8.69. The van der Waals surface area contributed by atoms with Crippen LogP contribution in [0.3, 0.4) is 0 Å². The van der Waals surface area contributed by atoms with Gasteiger partial charge >= 0.3 is 5.97 Å². The third-order valence-electron chi connectivity index (χ3n) is 2.21. The highest BCUT2D eigenvalue weighted by atomic mass is 32.2. The highest BCUT2D eigenvalue weighted by Gasteiger charge is 2.14. The van der Waals surface area contributed by atoms with Gasteiger partial charge in [0.1, 0.15) is 15.6 Å². The molecule has 3 N–H and O–H groups in total. The number of sulfone groups is 1. The molecule has 0 aliphatic rings. The van der Waals surface area contributed by atoms with Gasteiger partial charge in [0.05, 0.1) is 17.0 Å². The highest BCUT2D eigenvalue weighted by molar-refractivity contribution is 7.90. The molecule has 0 heterocycles. The summed E-state index contributed by atoms with van der Waals surface area (Å²) in [6.07, 6.45) is 0.738. The molecule has 0 aliphatic heterocycles. The summed E-state index contributed by atoms with van der Waals surface area (Å²) in [5.41, 5.74) is -0.267. The fraction of sp³-hybridized carbons (Fsp3) is 0.273. The van der Waals surface area contributed by atoms with Crippen LogP contribution in [0.4, 0.5) is 5.69 Å². The van der Waals surface area contributed by atoms with Crippen molar-refractivity contribution in [3.05, 3.63) is 23.8 Å². The van der Waals surface area contributed by atoms with Crippen molar-refractivity contribution in [3.8, 4) is 5.75 Å². The zero-order chi connectivity index (χ0) is 14.6. The SMILES string of the molecule is CS(=O)(=O)CCC(=O)Nc1ccc(O)cc1C(=O)O. The Hall–Kier alpha value is -2.09. The van der Waals surface area contributed by atoms with E-state index in [-0.39, 0.29) is 29.2 Å². The molecule has 0 aromatic heterocycles. The molecule has 0 unspecified atom stereocenters. The van der Waals surface area contributed by atoms with Crippen molar-refractivity contribution in [2.45, 2.75) is 6.42 Å². The Bertz CT molecular complexity index is 608. The number of hydrogen-bond acceptors (Lipinski definition) is 5. The van der Waals surface area contributed by atoms with Crippen LogP contribution in [-0.2, 0) is 14.6 Å². The molecular formula is C11H13NO6S. The summed E-state index contributed by atoms with van der Waals surface area (Å²) >= 11 is 0. The Balaban J connectivity index is 2.82. The molecule has 0 fully saturated rings. The summed E-state index contributed by atoms with van der Waals surface area (Å²) in [4.78, 5) is 22.4. The third kappa shape index (κ3) is 4.96. The second kappa shape index (κ2) is 5.70. The number of carbonyl (C=O) groups excluding carboxylic acids is 1. The van der Waals surface area contributed by atoms with Gasteiger partial charge in [0.2, 0.25) is 5.91 Å². The molecule has 0 saturated heterocycles. The normalized spacial score (nSPS) is 11.0. The first-order valence-corrected chi connectivity index (χ1v) is 7.29. The van der Waals surface area contributed by atoms with E-state index in [1.54, 1.807) is 0 Å². The fourth-order valence-corrected chi connectivity index (χ4v) is 1.87. The zero-order valence-corrected chi connectivity index (χ0v) is 10.9. The van der Waals surface area contributed by atoms with Gasteiger partial charge in [0.25, 0.3) is 0 Å². The quantitative estimate of drug-likeness (QED) is 0.677. The minimum atomic E-state index is -3.26. The average Bonchev–Trinajstić information content (AvgIpc) is 2.28. The number of amides is 1. The van der Waals surface area contributed by atoms with Gasteiger partial charge in [0, 0.05) is 12.7 Å². The lowest BCUT2D eigenvalue weighted by molar-refractivity contribution is -0.115. The Morgan fingerprint density at radius 2 is 1.95 bits per heavy atom. The van der Waals surface area contributed by atoms with E-state index in [2.05, 4.69) is 5.32 Å². The van der Waals surface area contributed by atoms with Crippen molar-refractivity contribution in [1.82, 2.24) is 0 Å². The lowest BCUT2D eigenvalue weighted by atomic mass is 10.1. The number of carbonyl (C=O) groups is 2. The predicted octanol–water partition coefficient (Wildman–Crippen LogP) is 0.464. The zero-order valence-electron chi connectivity index (χ0n) is 10.1. The van der Waals surface area contributed by atoms with Gasteiger partial charge in [-0.1, -0.05) is 0 Å². The number of hydrogen-bond donors (Lipinski definition) is 3. The predicted molar refractivity (Wildman–Crippen MR) is 68.0 cm³/mol. The number of benzene rings is 1. The van der Waals surface area contributed by atoms with Gasteiger partial charge in [-0.05, 0) is 18.2 Å². The van der Waals surface area contributed by atoms with Gasteiger partial charge in [0.15, 0.2) is 0 Å². The van der Waals surface area contributed by atoms with E-state index < -0.39 is 21.7 Å². The maximum Gasteiger partial charge on any atom is 0.337 e. The number of rotatable bonds is 5. The van der Waals surface area contributed by atoms with Crippen LogP contribution in [0, 0.1) is 0 Å². The standard InChI is InChI=1S/C11H13NO6S/c1-19(17,18)5-4-10(14)12-9-3-2-7(13)6-8(9)11(15)16/h2-3,6,13H,4-5H2,1H3,(H,12,14)(H,15,16). The lowest BCUT2D eigenvalue weighted by Gasteiger charge is -2.08. The number of aromatic hydroxyl groups is 1. The van der Waals surface area contributed by atoms with Crippen molar-refractivity contribution in [3.63, 3.8) is 0 Å². The van der Waals surface area contributed by atoms with E-state index in [1.807, 2.05) is 0 Å². The van der Waals surface area contributed by atoms with Crippen LogP contribution in [0.1, 0.15) is 16.8 Å². The van der Waals surface area contributed by atoms with Crippen LogP contribution in [-0.4, -0.2) is 42.5 Å². The van der Waals surface area contributed by atoms with E-state index in [0.29, 0.717) is 0 Å². The molecule has 0 bridgehead atoms. The van der Waals surface area contributed by atoms with E-state index in [9.17, 15) is 23.1 Å². The molecule has 0 spiro atoms. The summed E-state index contributed by atoms with van der Waals surface area (Å²) in [5, 5.41) is 20.4. The number of anilines is 1. The topological polar surface area (TPSA) is 121 Å². The maximum atomic E-state index is 11.5. The number of aromatic carboxylic acids is 1. The molecule has 1 amide bonds. The second-order valence-electron chi connectivity index (χ2n) is 3.96. The van der Waals surface area contributed by atoms with Crippen LogP contribution in [0.15, 0.2) is 18.2 Å². The minimum absolute atomic E-state index is 0.00352. The van der Waals surface area contributed by atoms with Gasteiger partial charge < -0.3 is 15.5 Å². The molecule has 104 valence electrons. The van der Waals surface area contributed by atoms with Crippen molar-refractivity contribution in [2.75, 3.05) is 17.3 Å². The largest absolute Gasteiger partial charge is 0.508 e. The van der Waals surface area contributed by atoms with Gasteiger partial charge in [-0.25, -0.2) is 13.2 Å². The van der Waals surface area contributed by atoms with Crippen molar-refractivity contribution < 1.29 is 28.2 Å². The van der Waals surface area contributed by atoms with Gasteiger partial charge in [-0.15, -0.1) is 0 Å². The number of carboxylic acids is 1. The second-order valence-corrected chi connectivity index (χ2v) is 6.22. The third-order valence-corrected chi connectivity index (χ3v) is 3.15. The summed E-state index contributed by atoms with van der Waals surface area (Å²) in [7, 11) is -3.26. The van der Waals surface area contributed by atoms with Crippen LogP contribution in [0.5, 0.6) is 5.75 Å². The average molecular weight is 287 g/mol. The van der Waals surface area contributed by atoms with Crippen LogP contribution >= 0.6 is 0 Å². The molecule has 0 aliphatic carbocycles. The molecule has 1 aromatic carbocycles. The Labute approximate surface area is 109 Å². The van der Waals surface area contributed by atoms with Crippen LogP contribution in [0.2, 0.25) is 0 Å². The molecule has 0 saturated carbocycles. The van der Waals surface area contributed by atoms with Crippen LogP contribution < -0.4 is 5.32 Å². The lowest BCUT2D eigenvalue weighted by Crippen LogP contribution is -2.18. The van der Waals surface area contributed by atoms with E-state index in [4.69, 9.17) is 5.11 Å². The molecule has 19 heavy (non-hydrogen) atoms. The smallest absolute Gasteiger partial charge is 0.337 e. The highest BCUT2D eigenvalue weighted by Crippen LogP contribution is 2.21. The molecule has 7 nitrogen and oxygen atoms in total. The molecule has 0 atom stereocenters. The first kappa shape index (κ1) is 15.0. The molecular weight excluding hydrogens is 274 g/mol. The van der Waals surface area contributed by atoms with Gasteiger partial charge in [-0.2, -0.15) is 0 Å². The van der Waals surface area contributed by atoms with E-state index in [0.717, 1.165) is 12.3 Å². The molecule has 8 heteroatoms. The van der Waals surface area contributed by atoms with Crippen molar-refractivity contribution in [2.24, 2.45) is 0 Å². The monoisotopic (exact) mass is 287 g/mol.